The molecule has 11 fully saturated rings. The summed E-state index contributed by atoms with van der Waals surface area (Å²) in [5.41, 5.74) is 6.61. The molecule has 5 aliphatic carbocycles. The fourth-order valence-corrected chi connectivity index (χ4v) is 21.3. The molecule has 11 aliphatic rings. The maximum atomic E-state index is 13.8. The number of thiazole rings is 3. The first-order chi connectivity index (χ1) is 51.0. The summed E-state index contributed by atoms with van der Waals surface area (Å²) in [4.78, 5) is 117. The molecule has 5 saturated carbocycles. The van der Waals surface area contributed by atoms with E-state index in [1.54, 1.807) is 6.20 Å². The van der Waals surface area contributed by atoms with Crippen molar-refractivity contribution in [3.05, 3.63) is 85.6 Å². The number of hydrogen-bond acceptors (Lipinski definition) is 21. The van der Waals surface area contributed by atoms with Gasteiger partial charge in [-0.1, -0.05) is 0 Å². The van der Waals surface area contributed by atoms with Gasteiger partial charge in [0.25, 0.3) is 35.4 Å². The largest absolute Gasteiger partial charge is 0.393 e. The Bertz CT molecular complexity index is 4060. The maximum absolute atomic E-state index is 13.8. The molecule has 0 radical (unpaired) electrons. The van der Waals surface area contributed by atoms with Crippen molar-refractivity contribution < 1.29 is 44.1 Å². The van der Waals surface area contributed by atoms with E-state index in [0.29, 0.717) is 82.6 Å². The quantitative estimate of drug-likeness (QED) is 0.0343. The molecule has 12 heterocycles. The lowest BCUT2D eigenvalue weighted by molar-refractivity contribution is 0.0716. The number of hydrogen-bond donors (Lipinski definition) is 9. The number of fused-ring (bicyclic) bond motifs is 6. The van der Waals surface area contributed by atoms with Crippen molar-refractivity contribution in [3.8, 4) is 31.3 Å². The lowest BCUT2D eigenvalue weighted by Crippen LogP contribution is -2.36. The number of rotatable bonds is 20. The smallest absolute Gasteiger partial charge is 0.280 e. The van der Waals surface area contributed by atoms with Crippen LogP contribution in [0.3, 0.4) is 0 Å². The van der Waals surface area contributed by atoms with Gasteiger partial charge in [-0.3, -0.25) is 28.8 Å². The summed E-state index contributed by atoms with van der Waals surface area (Å²) in [7, 11) is 0. The first kappa shape index (κ1) is 73.9. The number of aliphatic hydroxyl groups is 3. The highest BCUT2D eigenvalue weighted by Crippen LogP contribution is 2.46. The summed E-state index contributed by atoms with van der Waals surface area (Å²) < 4.78 is 0. The molecular weight excluding hydrogens is 1400 g/mol. The van der Waals surface area contributed by atoms with Gasteiger partial charge in [-0.2, -0.15) is 0 Å². The summed E-state index contributed by atoms with van der Waals surface area (Å²) in [6.45, 7) is 14.6. The van der Waals surface area contributed by atoms with Crippen molar-refractivity contribution in [2.75, 3.05) is 16.0 Å². The number of carbonyl (C=O) groups excluding carboxylic acids is 6. The second-order valence-corrected chi connectivity index (χ2v) is 35.5. The molecule has 8 atom stereocenters. The third-order valence-corrected chi connectivity index (χ3v) is 27.5. The van der Waals surface area contributed by atoms with Crippen molar-refractivity contribution in [2.45, 2.75) is 300 Å². The van der Waals surface area contributed by atoms with Gasteiger partial charge in [0, 0.05) is 108 Å². The Morgan fingerprint density at radius 1 is 0.387 bits per heavy atom. The van der Waals surface area contributed by atoms with Crippen LogP contribution in [-0.4, -0.2) is 186 Å². The molecule has 17 rings (SSSR count). The van der Waals surface area contributed by atoms with Gasteiger partial charge in [-0.15, -0.1) is 34.0 Å². The zero-order chi connectivity index (χ0) is 73.9. The number of pyridine rings is 3. The van der Waals surface area contributed by atoms with Gasteiger partial charge in [0.15, 0.2) is 15.0 Å². The number of aliphatic hydroxyl groups excluding tert-OH is 3. The van der Waals surface area contributed by atoms with E-state index in [2.05, 4.69) is 89.5 Å². The lowest BCUT2D eigenvalue weighted by Gasteiger charge is -2.21. The Morgan fingerprint density at radius 3 is 0.877 bits per heavy atom. The number of nitrogens with zero attached hydrogens (tertiary/aromatic N) is 9. The van der Waals surface area contributed by atoms with E-state index in [0.717, 1.165) is 169 Å². The number of anilines is 3. The molecule has 6 amide bonds. The zero-order valence-electron chi connectivity index (χ0n) is 62.0. The van der Waals surface area contributed by atoms with Gasteiger partial charge in [-0.05, 0) is 256 Å². The number of carbonyl (C=O) groups is 6. The van der Waals surface area contributed by atoms with Crippen molar-refractivity contribution in [1.82, 2.24) is 60.6 Å². The molecule has 24 nitrogen and oxygen atoms in total. The van der Waals surface area contributed by atoms with E-state index in [-0.39, 0.29) is 119 Å². The predicted octanol–water partition coefficient (Wildman–Crippen LogP) is 12.0. The van der Waals surface area contributed by atoms with E-state index in [4.69, 9.17) is 0 Å². The fraction of sp³-hybridized carbons (Fsp3) is 0.620. The van der Waals surface area contributed by atoms with Gasteiger partial charge in [0.2, 0.25) is 0 Å². The van der Waals surface area contributed by atoms with Crippen molar-refractivity contribution in [3.63, 3.8) is 0 Å². The molecule has 0 spiro atoms. The normalized spacial score (nSPS) is 27.3. The minimum absolute atomic E-state index is 0.0596. The van der Waals surface area contributed by atoms with Gasteiger partial charge in [-0.25, -0.2) is 29.9 Å². The van der Waals surface area contributed by atoms with Crippen molar-refractivity contribution in [2.24, 2.45) is 11.8 Å². The lowest BCUT2D eigenvalue weighted by atomic mass is 10.0. The Kier molecular flexibility index (Phi) is 21.8. The molecule has 6 aromatic heterocycles. The van der Waals surface area contributed by atoms with E-state index in [1.807, 2.05) is 66.1 Å². The van der Waals surface area contributed by atoms with Gasteiger partial charge in [0.05, 0.1) is 32.9 Å². The van der Waals surface area contributed by atoms with Crippen LogP contribution in [0.2, 0.25) is 0 Å². The van der Waals surface area contributed by atoms with Crippen LogP contribution in [0.25, 0.3) is 31.3 Å². The van der Waals surface area contributed by atoms with Crippen LogP contribution >= 0.6 is 34.0 Å². The molecule has 6 saturated heterocycles. The Labute approximate surface area is 632 Å². The van der Waals surface area contributed by atoms with E-state index in [9.17, 15) is 44.1 Å². The van der Waals surface area contributed by atoms with Gasteiger partial charge >= 0.3 is 0 Å². The fourth-order valence-electron chi connectivity index (χ4n) is 18.2. The molecular formula is C79H103N15O9S3. The summed E-state index contributed by atoms with van der Waals surface area (Å²) >= 11 is 3.80. The van der Waals surface area contributed by atoms with Crippen LogP contribution in [0.1, 0.15) is 266 Å². The molecule has 6 aliphatic heterocycles. The molecule has 0 aromatic carbocycles. The summed E-state index contributed by atoms with van der Waals surface area (Å²) in [5, 5.41) is 49.7. The zero-order valence-corrected chi connectivity index (χ0v) is 64.4. The minimum atomic E-state index is -0.369. The molecule has 6 aromatic rings. The third-order valence-electron chi connectivity index (χ3n) is 24.3. The highest BCUT2D eigenvalue weighted by Gasteiger charge is 2.48. The molecule has 9 N–H and O–H groups in total. The number of nitrogens with one attached hydrogen (secondary N) is 6. The highest BCUT2D eigenvalue weighted by atomic mass is 32.1. The van der Waals surface area contributed by atoms with Crippen molar-refractivity contribution in [1.29, 1.82) is 0 Å². The Morgan fingerprint density at radius 2 is 0.651 bits per heavy atom. The van der Waals surface area contributed by atoms with Crippen molar-refractivity contribution >= 4 is 86.9 Å². The molecule has 566 valence electrons. The standard InChI is InChI=1S/2C27H35N5O3S.C25H33N5O3S/c2*1-14-11-22(29-15(2)16-3-4-16)28-13-21(14)24-23(27(35)32-18-6-7-19(32)9-8-18)31-26(36-24)25(34)30-17-5-10-20(33)12-17;1-13(2)27-20-10-14(3)19(12-26-20)22-21(25(33)30-16-5-6-17(30)8-7-16)29-24(34-22)23(32)28-15-4-9-18(31)11-15/h2*11,13,15-20,33H,3-10,12H2,1-2H3,(H,28,29)(H,30,34);10,12-13,15-18,31H,4-9,11H2,1-3H3,(H,26,27)(H,28,32)/t15-,17+,18?,19?,20+;15-,17-,18?,19?,20-;15-,16?,17?,18-/m111/s1. The van der Waals surface area contributed by atoms with E-state index >= 15 is 0 Å². The van der Waals surface area contributed by atoms with Gasteiger partial charge < -0.3 is 61.9 Å². The molecule has 27 heteroatoms. The molecule has 0 unspecified atom stereocenters. The Hall–Kier alpha value is -7.56. The first-order valence-corrected chi connectivity index (χ1v) is 41.7. The van der Waals surface area contributed by atoms with Crippen LogP contribution in [0.4, 0.5) is 17.5 Å². The second kappa shape index (κ2) is 31.2. The monoisotopic (exact) mass is 1500 g/mol. The van der Waals surface area contributed by atoms with Crippen LogP contribution in [-0.2, 0) is 0 Å². The molecule has 106 heavy (non-hydrogen) atoms. The predicted molar refractivity (Wildman–Crippen MR) is 411 cm³/mol. The SMILES string of the molecule is Cc1cc(NC(C)C)ncc1-c1sc(C(=O)N[C@@H]2CC[C@@H](O)C2)nc1C(=O)N1C2CCC1CC2.Cc1cc(N[C@H](C)C2CC2)ncc1-c1sc(C(=O)N[C@@H]2CC[C@@H](O)C2)nc1C(=O)N1C2CCC1CC2.Cc1cc(N[C@H](C)C2CC2)ncc1-c1sc(C(=O)N[C@H]2CC[C@H](O)C2)nc1C(=O)N1C2CCC1CC2. The number of aryl methyl sites for hydroxylation is 3. The molecule has 6 bridgehead atoms. The van der Waals surface area contributed by atoms with E-state index in [1.165, 1.54) is 59.7 Å². The second-order valence-electron chi connectivity index (χ2n) is 32.5. The summed E-state index contributed by atoms with van der Waals surface area (Å²) in [6.07, 6.45) is 27.9. The first-order valence-electron chi connectivity index (χ1n) is 39.2. The van der Waals surface area contributed by atoms with Crippen LogP contribution < -0.4 is 31.9 Å². The average molecular weight is 1500 g/mol. The van der Waals surface area contributed by atoms with Crippen LogP contribution in [0.5, 0.6) is 0 Å². The van der Waals surface area contributed by atoms with E-state index < -0.39 is 0 Å². The van der Waals surface area contributed by atoms with Gasteiger partial charge in [0.1, 0.15) is 34.5 Å². The number of amides is 6. The maximum Gasteiger partial charge on any atom is 0.280 e. The number of aromatic nitrogens is 6. The van der Waals surface area contributed by atoms with Crippen LogP contribution in [0, 0.1) is 32.6 Å². The Balaban J connectivity index is 0.000000127. The van der Waals surface area contributed by atoms with Crippen LogP contribution in [0.15, 0.2) is 36.8 Å². The topological polar surface area (TPSA) is 322 Å². The summed E-state index contributed by atoms with van der Waals surface area (Å²) in [6, 6.07) is 8.57. The third kappa shape index (κ3) is 16.0. The highest BCUT2D eigenvalue weighted by molar-refractivity contribution is 7.18. The summed E-state index contributed by atoms with van der Waals surface area (Å²) in [5.74, 6) is 2.86. The minimum Gasteiger partial charge on any atom is -0.393 e. The average Bonchev–Trinajstić information content (AvgIpc) is 1.62.